The molecule has 1 aromatic carbocycles. The third-order valence-corrected chi connectivity index (χ3v) is 4.56. The van der Waals surface area contributed by atoms with E-state index in [1.165, 1.54) is 0 Å². The number of aromatic nitrogens is 1. The quantitative estimate of drug-likeness (QED) is 0.917. The van der Waals surface area contributed by atoms with E-state index >= 15 is 0 Å². The molecule has 2 aromatic rings. The second-order valence-electron chi connectivity index (χ2n) is 6.30. The fourth-order valence-electron chi connectivity index (χ4n) is 3.16. The fraction of sp³-hybridized carbons (Fsp3) is 0.350. The van der Waals surface area contributed by atoms with Crippen LogP contribution in [-0.2, 0) is 17.7 Å². The van der Waals surface area contributed by atoms with Crippen molar-refractivity contribution >= 4 is 12.0 Å². The van der Waals surface area contributed by atoms with Crippen molar-refractivity contribution in [3.63, 3.8) is 0 Å². The van der Waals surface area contributed by atoms with Crippen molar-refractivity contribution in [2.24, 2.45) is 0 Å². The van der Waals surface area contributed by atoms with Crippen LogP contribution in [0, 0.1) is 0 Å². The van der Waals surface area contributed by atoms with Crippen LogP contribution >= 0.6 is 0 Å². The first kappa shape index (κ1) is 17.9. The maximum Gasteiger partial charge on any atom is 0.410 e. The van der Waals surface area contributed by atoms with E-state index < -0.39 is 0 Å². The van der Waals surface area contributed by atoms with Crippen LogP contribution in [-0.4, -0.2) is 35.0 Å². The number of hydrogen-bond donors (Lipinski definition) is 1. The molecule has 6 heteroatoms. The number of fused-ring (bicyclic) bond motifs is 1. The summed E-state index contributed by atoms with van der Waals surface area (Å²) in [4.78, 5) is 30.5. The molecule has 0 spiro atoms. The standard InChI is InChI=1S/C20H23N3O3/c1-3-26-20(25)23-10-9-17-16(13-23)11-21-12-18(17)19(24)22-14(2)15-7-5-4-6-8-15/h4-8,11-12,14H,3,9-10,13H2,1-2H3,(H,22,24). The molecule has 0 fully saturated rings. The van der Waals surface area contributed by atoms with Crippen LogP contribution < -0.4 is 5.32 Å². The predicted octanol–water partition coefficient (Wildman–Crippen LogP) is 3.09. The second kappa shape index (κ2) is 7.99. The van der Waals surface area contributed by atoms with Gasteiger partial charge in [0.2, 0.25) is 0 Å². The number of nitrogens with zero attached hydrogens (tertiary/aromatic N) is 2. The number of rotatable bonds is 4. The summed E-state index contributed by atoms with van der Waals surface area (Å²) in [5, 5.41) is 3.03. The average molecular weight is 353 g/mol. The number of hydrogen-bond acceptors (Lipinski definition) is 4. The van der Waals surface area contributed by atoms with Gasteiger partial charge >= 0.3 is 6.09 Å². The summed E-state index contributed by atoms with van der Waals surface area (Å²) >= 11 is 0. The lowest BCUT2D eigenvalue weighted by molar-refractivity contribution is 0.0936. The van der Waals surface area contributed by atoms with Crippen molar-refractivity contribution < 1.29 is 14.3 Å². The molecule has 0 saturated heterocycles. The molecule has 1 aliphatic heterocycles. The summed E-state index contributed by atoms with van der Waals surface area (Å²) < 4.78 is 5.06. The van der Waals surface area contributed by atoms with Crippen LogP contribution in [0.25, 0.3) is 0 Å². The Labute approximate surface area is 153 Å². The highest BCUT2D eigenvalue weighted by molar-refractivity contribution is 5.96. The van der Waals surface area contributed by atoms with E-state index in [1.54, 1.807) is 24.2 Å². The van der Waals surface area contributed by atoms with Crippen LogP contribution in [0.15, 0.2) is 42.7 Å². The number of amides is 2. The molecular weight excluding hydrogens is 330 g/mol. The van der Waals surface area contributed by atoms with Crippen LogP contribution in [0.3, 0.4) is 0 Å². The summed E-state index contributed by atoms with van der Waals surface area (Å²) in [6.45, 7) is 5.04. The van der Waals surface area contributed by atoms with Gasteiger partial charge in [-0.3, -0.25) is 9.78 Å². The highest BCUT2D eigenvalue weighted by Gasteiger charge is 2.26. The van der Waals surface area contributed by atoms with Gasteiger partial charge in [-0.05, 0) is 37.0 Å². The third kappa shape index (κ3) is 3.85. The maximum absolute atomic E-state index is 12.8. The summed E-state index contributed by atoms with van der Waals surface area (Å²) in [7, 11) is 0. The molecule has 26 heavy (non-hydrogen) atoms. The van der Waals surface area contributed by atoms with Crippen molar-refractivity contribution in [2.75, 3.05) is 13.2 Å². The Morgan fingerprint density at radius 3 is 2.77 bits per heavy atom. The Morgan fingerprint density at radius 1 is 1.27 bits per heavy atom. The number of benzene rings is 1. The predicted molar refractivity (Wildman–Crippen MR) is 97.7 cm³/mol. The van der Waals surface area contributed by atoms with Crippen molar-refractivity contribution in [2.45, 2.75) is 32.9 Å². The minimum Gasteiger partial charge on any atom is -0.450 e. The smallest absolute Gasteiger partial charge is 0.410 e. The molecule has 0 saturated carbocycles. The maximum atomic E-state index is 12.8. The van der Waals surface area contributed by atoms with E-state index in [1.807, 2.05) is 37.3 Å². The number of carbonyl (C=O) groups is 2. The number of carbonyl (C=O) groups excluding carboxylic acids is 2. The largest absolute Gasteiger partial charge is 0.450 e. The van der Waals surface area contributed by atoms with Gasteiger partial charge in [-0.2, -0.15) is 0 Å². The zero-order chi connectivity index (χ0) is 18.5. The second-order valence-corrected chi connectivity index (χ2v) is 6.30. The summed E-state index contributed by atoms with van der Waals surface area (Å²) in [6, 6.07) is 9.73. The van der Waals surface area contributed by atoms with E-state index in [2.05, 4.69) is 10.3 Å². The SMILES string of the molecule is CCOC(=O)N1CCc2c(cncc2C(=O)NC(C)c2ccccc2)C1. The Hall–Kier alpha value is -2.89. The summed E-state index contributed by atoms with van der Waals surface area (Å²) in [6.07, 6.45) is 3.61. The molecule has 1 atom stereocenters. The lowest BCUT2D eigenvalue weighted by atomic mass is 9.96. The van der Waals surface area contributed by atoms with Gasteiger partial charge in [-0.25, -0.2) is 4.79 Å². The molecule has 0 radical (unpaired) electrons. The number of nitrogens with one attached hydrogen (secondary N) is 1. The van der Waals surface area contributed by atoms with Gasteiger partial charge in [0.15, 0.2) is 0 Å². The third-order valence-electron chi connectivity index (χ3n) is 4.56. The van der Waals surface area contributed by atoms with Gasteiger partial charge in [0.25, 0.3) is 5.91 Å². The van der Waals surface area contributed by atoms with E-state index in [-0.39, 0.29) is 18.0 Å². The van der Waals surface area contributed by atoms with Crippen molar-refractivity contribution in [3.05, 3.63) is 65.0 Å². The molecule has 1 N–H and O–H groups in total. The van der Waals surface area contributed by atoms with Gasteiger partial charge in [0, 0.05) is 18.9 Å². The topological polar surface area (TPSA) is 71.5 Å². The first-order valence-corrected chi connectivity index (χ1v) is 8.83. The highest BCUT2D eigenvalue weighted by Crippen LogP contribution is 2.23. The summed E-state index contributed by atoms with van der Waals surface area (Å²) in [5.74, 6) is -0.143. The lowest BCUT2D eigenvalue weighted by Crippen LogP contribution is -2.38. The van der Waals surface area contributed by atoms with Gasteiger partial charge in [-0.1, -0.05) is 30.3 Å². The van der Waals surface area contributed by atoms with Gasteiger partial charge in [0.1, 0.15) is 0 Å². The van der Waals surface area contributed by atoms with Gasteiger partial charge < -0.3 is 15.0 Å². The monoisotopic (exact) mass is 353 g/mol. The molecule has 1 unspecified atom stereocenters. The van der Waals surface area contributed by atoms with E-state index in [0.717, 1.165) is 16.7 Å². The molecule has 2 amide bonds. The molecule has 0 bridgehead atoms. The van der Waals surface area contributed by atoms with Gasteiger partial charge in [-0.15, -0.1) is 0 Å². The number of ether oxygens (including phenoxy) is 1. The average Bonchev–Trinajstić information content (AvgIpc) is 2.67. The van der Waals surface area contributed by atoms with E-state index in [9.17, 15) is 9.59 Å². The zero-order valence-corrected chi connectivity index (χ0v) is 15.1. The lowest BCUT2D eigenvalue weighted by Gasteiger charge is -2.29. The van der Waals surface area contributed by atoms with Crippen LogP contribution in [0.2, 0.25) is 0 Å². The Balaban J connectivity index is 1.75. The molecule has 2 heterocycles. The fourth-order valence-corrected chi connectivity index (χ4v) is 3.16. The minimum atomic E-state index is -0.328. The Bertz CT molecular complexity index is 792. The van der Waals surface area contributed by atoms with Crippen LogP contribution in [0.4, 0.5) is 4.79 Å². The normalized spacial score (nSPS) is 14.3. The molecule has 3 rings (SSSR count). The van der Waals surface area contributed by atoms with Crippen molar-refractivity contribution in [1.82, 2.24) is 15.2 Å². The first-order chi connectivity index (χ1) is 12.6. The molecule has 6 nitrogen and oxygen atoms in total. The van der Waals surface area contributed by atoms with Gasteiger partial charge in [0.05, 0.1) is 24.8 Å². The van der Waals surface area contributed by atoms with E-state index in [4.69, 9.17) is 4.74 Å². The number of pyridine rings is 1. The zero-order valence-electron chi connectivity index (χ0n) is 15.1. The minimum absolute atomic E-state index is 0.0980. The van der Waals surface area contributed by atoms with Crippen LogP contribution in [0.1, 0.15) is 46.9 Å². The molecule has 1 aliphatic rings. The van der Waals surface area contributed by atoms with Crippen molar-refractivity contribution in [1.29, 1.82) is 0 Å². The Kier molecular flexibility index (Phi) is 5.51. The molecule has 136 valence electrons. The molecular formula is C20H23N3O3. The molecule has 1 aromatic heterocycles. The Morgan fingerprint density at radius 2 is 2.04 bits per heavy atom. The van der Waals surface area contributed by atoms with E-state index in [0.29, 0.717) is 31.7 Å². The molecule has 0 aliphatic carbocycles. The summed E-state index contributed by atoms with van der Waals surface area (Å²) in [5.41, 5.74) is 3.48. The van der Waals surface area contributed by atoms with Crippen molar-refractivity contribution in [3.8, 4) is 0 Å². The highest BCUT2D eigenvalue weighted by atomic mass is 16.6. The van der Waals surface area contributed by atoms with Crippen LogP contribution in [0.5, 0.6) is 0 Å². The first-order valence-electron chi connectivity index (χ1n) is 8.83.